The van der Waals surface area contributed by atoms with Crippen LogP contribution in [0.15, 0.2) is 0 Å². The van der Waals surface area contributed by atoms with Crippen LogP contribution in [0.1, 0.15) is 176 Å². The van der Waals surface area contributed by atoms with Crippen LogP contribution in [0, 0.1) is 0 Å². The molecule has 3 N–H and O–H groups in total. The maximum absolute atomic E-state index is 10.3. The van der Waals surface area contributed by atoms with Gasteiger partial charge in [-0.25, -0.2) is 5.01 Å². The fourth-order valence-corrected chi connectivity index (χ4v) is 4.78. The highest BCUT2D eigenvalue weighted by molar-refractivity contribution is 5.66. The molecule has 4 nitrogen and oxygen atoms in total. The highest BCUT2D eigenvalue weighted by Gasteiger charge is 2.30. The zero-order valence-electron chi connectivity index (χ0n) is 24.1. The highest BCUT2D eigenvalue weighted by Crippen LogP contribution is 2.27. The molecule has 0 aromatic heterocycles. The van der Waals surface area contributed by atoms with Gasteiger partial charge in [0.2, 0.25) is 0 Å². The third-order valence-electron chi connectivity index (χ3n) is 7.38. The number of carbonyl (C=O) groups is 1. The maximum atomic E-state index is 10.3. The van der Waals surface area contributed by atoms with Crippen LogP contribution in [0.5, 0.6) is 0 Å². The third-order valence-corrected chi connectivity index (χ3v) is 7.38. The number of carboxylic acids is 1. The van der Waals surface area contributed by atoms with Crippen LogP contribution in [-0.2, 0) is 4.79 Å². The summed E-state index contributed by atoms with van der Waals surface area (Å²) in [6, 6.07) is 0. The van der Waals surface area contributed by atoms with E-state index in [-0.39, 0.29) is 5.54 Å². The Labute approximate surface area is 214 Å². The molecule has 0 aliphatic carbocycles. The first kappa shape index (κ1) is 35.6. The molecule has 0 rings (SSSR count). The summed E-state index contributed by atoms with van der Waals surface area (Å²) < 4.78 is 0. The zero-order valence-corrected chi connectivity index (χ0v) is 24.1. The first-order valence-corrected chi connectivity index (χ1v) is 15.2. The number of hydrazine groups is 1. The minimum Gasteiger partial charge on any atom is -0.481 e. The van der Waals surface area contributed by atoms with E-state index in [9.17, 15) is 4.79 Å². The van der Waals surface area contributed by atoms with E-state index < -0.39 is 5.97 Å². The Balaban J connectivity index is 0. The lowest BCUT2D eigenvalue weighted by molar-refractivity contribution is -0.137. The molecule has 0 aromatic carbocycles. The van der Waals surface area contributed by atoms with Gasteiger partial charge in [-0.05, 0) is 32.1 Å². The molecule has 0 aromatic rings. The lowest BCUT2D eigenvalue weighted by Crippen LogP contribution is -2.52. The first-order valence-electron chi connectivity index (χ1n) is 15.2. The SMILES string of the molecule is CCCCC(CC)(CC)N(N)CCC.CCCCCCCCCCCCCCCCCC(=O)O. The molecular formula is C30H64N2O2. The molecule has 0 radical (unpaired) electrons. The molecule has 0 aliphatic rings. The number of hydrogen-bond donors (Lipinski definition) is 2. The molecule has 0 aliphatic heterocycles. The van der Waals surface area contributed by atoms with Crippen LogP contribution < -0.4 is 5.84 Å². The molecule has 34 heavy (non-hydrogen) atoms. The van der Waals surface area contributed by atoms with Crippen molar-refractivity contribution in [1.29, 1.82) is 0 Å². The average Bonchev–Trinajstić information content (AvgIpc) is 2.83. The molecule has 4 heteroatoms. The van der Waals surface area contributed by atoms with Crippen molar-refractivity contribution < 1.29 is 9.90 Å². The predicted octanol–water partition coefficient (Wildman–Crippen LogP) is 9.65. The van der Waals surface area contributed by atoms with Crippen molar-refractivity contribution in [2.24, 2.45) is 5.84 Å². The summed E-state index contributed by atoms with van der Waals surface area (Å²) in [5, 5.41) is 10.6. The zero-order chi connectivity index (χ0) is 25.9. The monoisotopic (exact) mass is 484 g/mol. The average molecular weight is 485 g/mol. The van der Waals surface area contributed by atoms with Crippen molar-refractivity contribution in [3.05, 3.63) is 0 Å². The van der Waals surface area contributed by atoms with Gasteiger partial charge in [-0.1, -0.05) is 137 Å². The molecule has 0 amide bonds. The minimum atomic E-state index is -0.653. The normalized spacial score (nSPS) is 11.5. The maximum Gasteiger partial charge on any atom is 0.303 e. The largest absolute Gasteiger partial charge is 0.481 e. The molecule has 0 fully saturated rings. The summed E-state index contributed by atoms with van der Waals surface area (Å²) in [4.78, 5) is 10.3. The molecule has 206 valence electrons. The summed E-state index contributed by atoms with van der Waals surface area (Å²) in [7, 11) is 0. The molecular weight excluding hydrogens is 420 g/mol. The van der Waals surface area contributed by atoms with Gasteiger partial charge in [0.15, 0.2) is 0 Å². The summed E-state index contributed by atoms with van der Waals surface area (Å²) in [6.07, 6.45) is 27.5. The quantitative estimate of drug-likeness (QED) is 0.0812. The van der Waals surface area contributed by atoms with E-state index in [2.05, 4.69) is 39.6 Å². The van der Waals surface area contributed by atoms with E-state index >= 15 is 0 Å². The van der Waals surface area contributed by atoms with Crippen LogP contribution in [0.4, 0.5) is 0 Å². The van der Waals surface area contributed by atoms with Crippen LogP contribution in [-0.4, -0.2) is 28.2 Å². The Bertz CT molecular complexity index is 411. The third kappa shape index (κ3) is 21.9. The van der Waals surface area contributed by atoms with Gasteiger partial charge < -0.3 is 5.11 Å². The Kier molecular flexibility index (Phi) is 28.2. The van der Waals surface area contributed by atoms with Gasteiger partial charge in [-0.15, -0.1) is 0 Å². The standard InChI is InChI=1S/C18H36O2.C12H28N2/c1-2-3-4-5-6-7-8-9-10-11-12-13-14-15-16-17-18(19)20;1-5-9-10-12(7-3,8-4)14(13)11-6-2/h2-17H2,1H3,(H,19,20);5-11,13H2,1-4H3. The topological polar surface area (TPSA) is 66.6 Å². The Morgan fingerprint density at radius 3 is 1.32 bits per heavy atom. The predicted molar refractivity (Wildman–Crippen MR) is 151 cm³/mol. The smallest absolute Gasteiger partial charge is 0.303 e. The summed E-state index contributed by atoms with van der Waals surface area (Å²) in [5.41, 5.74) is 0.256. The number of nitrogens with two attached hydrogens (primary N) is 1. The Morgan fingerprint density at radius 1 is 0.618 bits per heavy atom. The summed E-state index contributed by atoms with van der Waals surface area (Å²) >= 11 is 0. The lowest BCUT2D eigenvalue weighted by atomic mass is 9.86. The molecule has 0 heterocycles. The molecule has 0 unspecified atom stereocenters. The van der Waals surface area contributed by atoms with Gasteiger partial charge >= 0.3 is 5.97 Å². The van der Waals surface area contributed by atoms with Gasteiger partial charge in [0.1, 0.15) is 0 Å². The van der Waals surface area contributed by atoms with E-state index in [1.807, 2.05) is 0 Å². The van der Waals surface area contributed by atoms with Crippen LogP contribution >= 0.6 is 0 Å². The van der Waals surface area contributed by atoms with Gasteiger partial charge in [-0.3, -0.25) is 10.6 Å². The van der Waals surface area contributed by atoms with Gasteiger partial charge in [0.25, 0.3) is 0 Å². The second-order valence-electron chi connectivity index (χ2n) is 10.3. The van der Waals surface area contributed by atoms with E-state index in [4.69, 9.17) is 10.9 Å². The highest BCUT2D eigenvalue weighted by atomic mass is 16.4. The van der Waals surface area contributed by atoms with Gasteiger partial charge in [-0.2, -0.15) is 0 Å². The first-order chi connectivity index (χ1) is 16.4. The van der Waals surface area contributed by atoms with Crippen molar-refractivity contribution in [1.82, 2.24) is 5.01 Å². The minimum absolute atomic E-state index is 0.256. The molecule has 0 saturated heterocycles. The number of hydrogen-bond acceptors (Lipinski definition) is 3. The van der Waals surface area contributed by atoms with Crippen LogP contribution in [0.3, 0.4) is 0 Å². The number of rotatable bonds is 24. The lowest BCUT2D eigenvalue weighted by Gasteiger charge is -2.40. The van der Waals surface area contributed by atoms with E-state index in [1.54, 1.807) is 0 Å². The van der Waals surface area contributed by atoms with Crippen molar-refractivity contribution >= 4 is 5.97 Å². The van der Waals surface area contributed by atoms with Crippen molar-refractivity contribution in [2.45, 2.75) is 181 Å². The molecule has 0 saturated carbocycles. The molecule has 0 spiro atoms. The summed E-state index contributed by atoms with van der Waals surface area (Å²) in [6.45, 7) is 12.2. The fourth-order valence-electron chi connectivity index (χ4n) is 4.78. The summed E-state index contributed by atoms with van der Waals surface area (Å²) in [5.74, 6) is 5.51. The second kappa shape index (κ2) is 27.0. The Hall–Kier alpha value is -0.610. The fraction of sp³-hybridized carbons (Fsp3) is 0.967. The van der Waals surface area contributed by atoms with Crippen molar-refractivity contribution in [3.63, 3.8) is 0 Å². The van der Waals surface area contributed by atoms with Crippen molar-refractivity contribution in [2.75, 3.05) is 6.54 Å². The van der Waals surface area contributed by atoms with Crippen LogP contribution in [0.25, 0.3) is 0 Å². The van der Waals surface area contributed by atoms with E-state index in [1.165, 1.54) is 116 Å². The Morgan fingerprint density at radius 2 is 1.00 bits per heavy atom. The number of nitrogens with zero attached hydrogens (tertiary/aromatic N) is 1. The second-order valence-corrected chi connectivity index (χ2v) is 10.3. The van der Waals surface area contributed by atoms with Crippen LogP contribution in [0.2, 0.25) is 0 Å². The van der Waals surface area contributed by atoms with Gasteiger partial charge in [0, 0.05) is 18.5 Å². The number of unbranched alkanes of at least 4 members (excludes halogenated alkanes) is 15. The molecule has 0 atom stereocenters. The van der Waals surface area contributed by atoms with Crippen molar-refractivity contribution in [3.8, 4) is 0 Å². The van der Waals surface area contributed by atoms with E-state index in [0.717, 1.165) is 25.8 Å². The number of aliphatic carboxylic acids is 1. The molecule has 0 bridgehead atoms. The van der Waals surface area contributed by atoms with Gasteiger partial charge in [0.05, 0.1) is 0 Å². The van der Waals surface area contributed by atoms with E-state index in [0.29, 0.717) is 6.42 Å². The number of carboxylic acid groups (broad SMARTS) is 1.